The van der Waals surface area contributed by atoms with E-state index in [2.05, 4.69) is 0 Å². The van der Waals surface area contributed by atoms with Gasteiger partial charge in [-0.05, 0) is 36.1 Å². The van der Waals surface area contributed by atoms with Crippen molar-refractivity contribution in [1.29, 1.82) is 0 Å². The summed E-state index contributed by atoms with van der Waals surface area (Å²) in [6, 6.07) is 4.88. The molecule has 0 heterocycles. The molecule has 14 heavy (non-hydrogen) atoms. The van der Waals surface area contributed by atoms with Crippen LogP contribution < -0.4 is 0 Å². The Balaban J connectivity index is 2.55. The van der Waals surface area contributed by atoms with Gasteiger partial charge >= 0.3 is 0 Å². The first-order valence-corrected chi connectivity index (χ1v) is 4.99. The normalized spacial score (nSPS) is 24.4. The number of halogens is 1. The highest BCUT2D eigenvalue weighted by Crippen LogP contribution is 2.37. The maximum atomic E-state index is 13.1. The monoisotopic (exact) mass is 194 g/mol. The number of hydrogen-bond acceptors (Lipinski definition) is 1. The Kier molecular flexibility index (Phi) is 2.11. The van der Waals surface area contributed by atoms with E-state index >= 15 is 0 Å². The molecule has 76 valence electrons. The lowest BCUT2D eigenvalue weighted by Gasteiger charge is -2.37. The Morgan fingerprint density at radius 3 is 2.86 bits per heavy atom. The molecule has 0 spiro atoms. The second kappa shape index (κ2) is 3.06. The molecule has 1 aromatic carbocycles. The summed E-state index contributed by atoms with van der Waals surface area (Å²) >= 11 is 0. The molecule has 1 aliphatic rings. The predicted molar refractivity (Wildman–Crippen MR) is 53.8 cm³/mol. The number of aliphatic hydroxyl groups excluding tert-OH is 1. The van der Waals surface area contributed by atoms with Crippen molar-refractivity contribution in [2.45, 2.75) is 38.2 Å². The third-order valence-corrected chi connectivity index (χ3v) is 3.29. The molecule has 0 radical (unpaired) electrons. The van der Waals surface area contributed by atoms with E-state index in [1.54, 1.807) is 6.07 Å². The van der Waals surface area contributed by atoms with Crippen LogP contribution >= 0.6 is 0 Å². The maximum Gasteiger partial charge on any atom is 0.123 e. The quantitative estimate of drug-likeness (QED) is 0.672. The van der Waals surface area contributed by atoms with Crippen LogP contribution in [0.1, 0.15) is 31.4 Å². The average Bonchev–Trinajstić information content (AvgIpc) is 2.13. The van der Waals surface area contributed by atoms with Gasteiger partial charge in [-0.25, -0.2) is 4.39 Å². The van der Waals surface area contributed by atoms with Gasteiger partial charge in [0.1, 0.15) is 5.82 Å². The summed E-state index contributed by atoms with van der Waals surface area (Å²) in [5, 5.41) is 9.85. The van der Waals surface area contributed by atoms with Gasteiger partial charge in [-0.1, -0.05) is 19.9 Å². The molecule has 1 aliphatic carbocycles. The Hall–Kier alpha value is -0.890. The second-order valence-corrected chi connectivity index (χ2v) is 4.58. The van der Waals surface area contributed by atoms with E-state index < -0.39 is 0 Å². The number of fused-ring (bicyclic) bond motifs is 1. The number of aliphatic hydroxyl groups is 1. The summed E-state index contributed by atoms with van der Waals surface area (Å²) < 4.78 is 13.1. The predicted octanol–water partition coefficient (Wildman–Crippen LogP) is 2.41. The zero-order chi connectivity index (χ0) is 10.3. The van der Waals surface area contributed by atoms with E-state index in [1.807, 2.05) is 19.9 Å². The van der Waals surface area contributed by atoms with Gasteiger partial charge in [0, 0.05) is 5.41 Å². The summed E-state index contributed by atoms with van der Waals surface area (Å²) in [7, 11) is 0. The van der Waals surface area contributed by atoms with Gasteiger partial charge in [-0.15, -0.1) is 0 Å². The van der Waals surface area contributed by atoms with E-state index in [4.69, 9.17) is 0 Å². The number of rotatable bonds is 0. The maximum absolute atomic E-state index is 13.1. The van der Waals surface area contributed by atoms with Crippen LogP contribution in [0.2, 0.25) is 0 Å². The highest BCUT2D eigenvalue weighted by Gasteiger charge is 2.35. The summed E-state index contributed by atoms with van der Waals surface area (Å²) in [5.74, 6) is -0.217. The molecule has 1 unspecified atom stereocenters. The standard InChI is InChI=1S/C12H15FO/c1-12(2)10-7-9(13)5-3-8(10)4-6-11(12)14/h3,5,7,11,14H,4,6H2,1-2H3. The molecular formula is C12H15FO. The molecule has 0 bridgehead atoms. The van der Waals surface area contributed by atoms with Gasteiger partial charge in [0.05, 0.1) is 6.10 Å². The molecule has 1 nitrogen and oxygen atoms in total. The third-order valence-electron chi connectivity index (χ3n) is 3.29. The van der Waals surface area contributed by atoms with Gasteiger partial charge in [-0.3, -0.25) is 0 Å². The van der Waals surface area contributed by atoms with E-state index in [9.17, 15) is 9.50 Å². The lowest BCUT2D eigenvalue weighted by Crippen LogP contribution is -2.38. The smallest absolute Gasteiger partial charge is 0.123 e. The van der Waals surface area contributed by atoms with E-state index in [-0.39, 0.29) is 17.3 Å². The molecule has 1 N–H and O–H groups in total. The van der Waals surface area contributed by atoms with Crippen LogP contribution in [-0.2, 0) is 11.8 Å². The average molecular weight is 194 g/mol. The Morgan fingerprint density at radius 2 is 2.14 bits per heavy atom. The Labute approximate surface area is 83.6 Å². The van der Waals surface area contributed by atoms with Crippen molar-refractivity contribution in [1.82, 2.24) is 0 Å². The van der Waals surface area contributed by atoms with Crippen LogP contribution in [0.3, 0.4) is 0 Å². The summed E-state index contributed by atoms with van der Waals surface area (Å²) in [4.78, 5) is 0. The minimum absolute atomic E-state index is 0.217. The Morgan fingerprint density at radius 1 is 1.43 bits per heavy atom. The van der Waals surface area contributed by atoms with Crippen LogP contribution in [0.4, 0.5) is 4.39 Å². The van der Waals surface area contributed by atoms with E-state index in [0.717, 1.165) is 18.4 Å². The van der Waals surface area contributed by atoms with Crippen molar-refractivity contribution >= 4 is 0 Å². The molecule has 1 atom stereocenters. The molecule has 0 aromatic heterocycles. The number of aryl methyl sites for hydroxylation is 1. The highest BCUT2D eigenvalue weighted by atomic mass is 19.1. The van der Waals surface area contributed by atoms with Crippen molar-refractivity contribution in [2.24, 2.45) is 0 Å². The first kappa shape index (κ1) is 9.66. The van der Waals surface area contributed by atoms with Crippen molar-refractivity contribution in [3.63, 3.8) is 0 Å². The zero-order valence-corrected chi connectivity index (χ0v) is 8.55. The van der Waals surface area contributed by atoms with E-state index in [1.165, 1.54) is 11.6 Å². The van der Waals surface area contributed by atoms with Gasteiger partial charge in [-0.2, -0.15) is 0 Å². The molecular weight excluding hydrogens is 179 g/mol. The fourth-order valence-corrected chi connectivity index (χ4v) is 2.20. The first-order chi connectivity index (χ1) is 6.51. The summed E-state index contributed by atoms with van der Waals surface area (Å²) in [6.45, 7) is 3.93. The molecule has 0 aliphatic heterocycles. The molecule has 2 heteroatoms. The molecule has 0 saturated heterocycles. The van der Waals surface area contributed by atoms with Crippen LogP contribution in [0.25, 0.3) is 0 Å². The highest BCUT2D eigenvalue weighted by molar-refractivity contribution is 5.37. The van der Waals surface area contributed by atoms with Crippen LogP contribution in [0.15, 0.2) is 18.2 Å². The topological polar surface area (TPSA) is 20.2 Å². The van der Waals surface area contributed by atoms with Crippen LogP contribution in [0.5, 0.6) is 0 Å². The summed E-state index contributed by atoms with van der Waals surface area (Å²) in [5.41, 5.74) is 1.80. The van der Waals surface area contributed by atoms with Gasteiger partial charge < -0.3 is 5.11 Å². The van der Waals surface area contributed by atoms with Crippen molar-refractivity contribution < 1.29 is 9.50 Å². The van der Waals surface area contributed by atoms with Gasteiger partial charge in [0.2, 0.25) is 0 Å². The largest absolute Gasteiger partial charge is 0.392 e. The summed E-state index contributed by atoms with van der Waals surface area (Å²) in [6.07, 6.45) is 1.25. The fraction of sp³-hybridized carbons (Fsp3) is 0.500. The third kappa shape index (κ3) is 1.34. The fourth-order valence-electron chi connectivity index (χ4n) is 2.20. The Bertz CT molecular complexity index is 357. The van der Waals surface area contributed by atoms with Crippen molar-refractivity contribution in [3.8, 4) is 0 Å². The number of hydrogen-bond donors (Lipinski definition) is 1. The lowest BCUT2D eigenvalue weighted by atomic mass is 9.71. The SMILES string of the molecule is CC1(C)c2cc(F)ccc2CCC1O. The zero-order valence-electron chi connectivity index (χ0n) is 8.55. The molecule has 0 amide bonds. The van der Waals surface area contributed by atoms with E-state index in [0.29, 0.717) is 0 Å². The minimum atomic E-state index is -0.364. The minimum Gasteiger partial charge on any atom is -0.392 e. The van der Waals surface area contributed by atoms with Crippen molar-refractivity contribution in [3.05, 3.63) is 35.1 Å². The first-order valence-electron chi connectivity index (χ1n) is 4.99. The second-order valence-electron chi connectivity index (χ2n) is 4.58. The van der Waals surface area contributed by atoms with Crippen LogP contribution in [-0.4, -0.2) is 11.2 Å². The molecule has 0 saturated carbocycles. The lowest BCUT2D eigenvalue weighted by molar-refractivity contribution is 0.0829. The molecule has 0 fully saturated rings. The van der Waals surface area contributed by atoms with Gasteiger partial charge in [0.25, 0.3) is 0 Å². The molecule has 2 rings (SSSR count). The van der Waals surface area contributed by atoms with Crippen LogP contribution in [0, 0.1) is 5.82 Å². The number of benzene rings is 1. The van der Waals surface area contributed by atoms with Crippen molar-refractivity contribution in [2.75, 3.05) is 0 Å². The van der Waals surface area contributed by atoms with Gasteiger partial charge in [0.15, 0.2) is 0 Å². The molecule has 1 aromatic rings.